The Morgan fingerprint density at radius 1 is 1.45 bits per heavy atom. The highest BCUT2D eigenvalue weighted by Crippen LogP contribution is 2.24. The van der Waals surface area contributed by atoms with Crippen LogP contribution >= 0.6 is 22.9 Å². The van der Waals surface area contributed by atoms with Crippen LogP contribution in [0.15, 0.2) is 35.0 Å². The van der Waals surface area contributed by atoms with Crippen LogP contribution in [0.4, 0.5) is 0 Å². The predicted molar refractivity (Wildman–Crippen MR) is 88.6 cm³/mol. The van der Waals surface area contributed by atoms with E-state index in [4.69, 9.17) is 16.3 Å². The van der Waals surface area contributed by atoms with Crippen molar-refractivity contribution in [2.45, 2.75) is 18.9 Å². The molecule has 2 aromatic rings. The summed E-state index contributed by atoms with van der Waals surface area (Å²) >= 11 is 7.62. The summed E-state index contributed by atoms with van der Waals surface area (Å²) < 4.78 is 5.07. The highest BCUT2D eigenvalue weighted by molar-refractivity contribution is 7.08. The molecule has 1 atom stereocenters. The number of halogens is 1. The van der Waals surface area contributed by atoms with Gasteiger partial charge in [0, 0.05) is 5.02 Å². The monoisotopic (exact) mass is 339 g/mol. The Labute approximate surface area is 138 Å². The molecule has 0 aliphatic heterocycles. The topological polar surface area (TPSA) is 58.6 Å². The number of amides is 1. The van der Waals surface area contributed by atoms with E-state index in [1.807, 2.05) is 16.8 Å². The summed E-state index contributed by atoms with van der Waals surface area (Å²) in [6.45, 7) is 1.83. The minimum absolute atomic E-state index is 0.149. The second-order valence-electron chi connectivity index (χ2n) is 5.20. The van der Waals surface area contributed by atoms with Crippen LogP contribution in [0, 0.1) is 0 Å². The van der Waals surface area contributed by atoms with Gasteiger partial charge in [0.05, 0.1) is 20.1 Å². The molecule has 1 unspecified atom stereocenters. The lowest BCUT2D eigenvalue weighted by atomic mass is 9.99. The maximum Gasteiger partial charge on any atom is 0.224 e. The Morgan fingerprint density at radius 2 is 2.23 bits per heavy atom. The van der Waals surface area contributed by atoms with Crippen LogP contribution in [0.25, 0.3) is 0 Å². The minimum atomic E-state index is -1.08. The Balaban J connectivity index is 1.93. The normalized spacial score (nSPS) is 13.5. The van der Waals surface area contributed by atoms with Crippen LogP contribution in [0.5, 0.6) is 5.75 Å². The number of rotatable bonds is 6. The molecular weight excluding hydrogens is 322 g/mol. The van der Waals surface area contributed by atoms with Gasteiger partial charge in [-0.25, -0.2) is 0 Å². The van der Waals surface area contributed by atoms with Crippen LogP contribution in [0.1, 0.15) is 18.1 Å². The summed E-state index contributed by atoms with van der Waals surface area (Å²) in [7, 11) is 1.56. The minimum Gasteiger partial charge on any atom is -0.497 e. The number of carbonyl (C=O) groups is 1. The van der Waals surface area contributed by atoms with Gasteiger partial charge in [-0.2, -0.15) is 11.3 Å². The van der Waals surface area contributed by atoms with Gasteiger partial charge in [0.25, 0.3) is 0 Å². The molecule has 0 aliphatic rings. The van der Waals surface area contributed by atoms with Crippen molar-refractivity contribution in [2.75, 3.05) is 13.7 Å². The number of thiophene rings is 1. The molecule has 0 saturated heterocycles. The fraction of sp³-hybridized carbons (Fsp3) is 0.312. The van der Waals surface area contributed by atoms with E-state index in [2.05, 4.69) is 5.32 Å². The van der Waals surface area contributed by atoms with Crippen LogP contribution in [-0.4, -0.2) is 24.7 Å². The summed E-state index contributed by atoms with van der Waals surface area (Å²) in [4.78, 5) is 12.0. The van der Waals surface area contributed by atoms with Gasteiger partial charge in [0.2, 0.25) is 5.91 Å². The Morgan fingerprint density at radius 3 is 2.82 bits per heavy atom. The maximum atomic E-state index is 12.0. The molecule has 1 aromatic carbocycles. The number of aliphatic hydroxyl groups is 1. The number of ether oxygens (including phenoxy) is 1. The fourth-order valence-corrected chi connectivity index (χ4v) is 3.00. The number of benzene rings is 1. The molecule has 1 amide bonds. The molecule has 118 valence electrons. The average Bonchev–Trinajstić information content (AvgIpc) is 3.02. The molecule has 0 radical (unpaired) electrons. The Bertz CT molecular complexity index is 641. The van der Waals surface area contributed by atoms with Gasteiger partial charge in [-0.3, -0.25) is 4.79 Å². The lowest BCUT2D eigenvalue weighted by Crippen LogP contribution is -2.39. The lowest BCUT2D eigenvalue weighted by Gasteiger charge is -2.22. The fourth-order valence-electron chi connectivity index (χ4n) is 1.98. The number of nitrogens with one attached hydrogen (secondary N) is 1. The van der Waals surface area contributed by atoms with Crippen molar-refractivity contribution in [3.63, 3.8) is 0 Å². The average molecular weight is 340 g/mol. The SMILES string of the molecule is COc1ccc(CC(=O)NCC(C)(O)c2ccsc2)c(Cl)c1. The standard InChI is InChI=1S/C16H18ClNO3S/c1-16(20,12-5-6-22-9-12)10-18-15(19)7-11-3-4-13(21-2)8-14(11)17/h3-6,8-9,20H,7,10H2,1-2H3,(H,18,19). The van der Waals surface area contributed by atoms with Crippen LogP contribution in [0.2, 0.25) is 5.02 Å². The number of methoxy groups -OCH3 is 1. The summed E-state index contributed by atoms with van der Waals surface area (Å²) in [5.41, 5.74) is 0.426. The highest BCUT2D eigenvalue weighted by atomic mass is 35.5. The van der Waals surface area contributed by atoms with Crippen molar-refractivity contribution in [1.29, 1.82) is 0 Å². The number of carbonyl (C=O) groups excluding carboxylic acids is 1. The summed E-state index contributed by atoms with van der Waals surface area (Å²) in [5, 5.41) is 17.3. The molecule has 1 heterocycles. The third-order valence-corrected chi connectivity index (χ3v) is 4.42. The summed E-state index contributed by atoms with van der Waals surface area (Å²) in [6, 6.07) is 7.04. The van der Waals surface area contributed by atoms with E-state index in [-0.39, 0.29) is 18.9 Å². The van der Waals surface area contributed by atoms with Gasteiger partial charge in [0.1, 0.15) is 11.4 Å². The molecule has 1 aromatic heterocycles. The molecule has 0 aliphatic carbocycles. The molecule has 0 fully saturated rings. The zero-order valence-electron chi connectivity index (χ0n) is 12.4. The molecule has 2 N–H and O–H groups in total. The third-order valence-electron chi connectivity index (χ3n) is 3.38. The van der Waals surface area contributed by atoms with Crippen LogP contribution in [0.3, 0.4) is 0 Å². The van der Waals surface area contributed by atoms with Gasteiger partial charge in [-0.15, -0.1) is 0 Å². The third kappa shape index (κ3) is 4.22. The number of hydrogen-bond acceptors (Lipinski definition) is 4. The van der Waals surface area contributed by atoms with Crippen LogP contribution in [-0.2, 0) is 16.8 Å². The van der Waals surface area contributed by atoms with Gasteiger partial charge in [-0.1, -0.05) is 17.7 Å². The predicted octanol–water partition coefficient (Wildman–Crippen LogP) is 2.98. The molecular formula is C16H18ClNO3S. The van der Waals surface area contributed by atoms with Crippen molar-refractivity contribution in [3.05, 3.63) is 51.2 Å². The van der Waals surface area contributed by atoms with Crippen molar-refractivity contribution in [1.82, 2.24) is 5.32 Å². The summed E-state index contributed by atoms with van der Waals surface area (Å²) in [6.07, 6.45) is 0.155. The molecule has 0 spiro atoms. The van der Waals surface area contributed by atoms with Crippen molar-refractivity contribution < 1.29 is 14.6 Å². The van der Waals surface area contributed by atoms with E-state index < -0.39 is 5.60 Å². The molecule has 0 bridgehead atoms. The second kappa shape index (κ2) is 7.13. The highest BCUT2D eigenvalue weighted by Gasteiger charge is 2.24. The smallest absolute Gasteiger partial charge is 0.224 e. The number of hydrogen-bond donors (Lipinski definition) is 2. The van der Waals surface area contributed by atoms with Crippen molar-refractivity contribution >= 4 is 28.8 Å². The van der Waals surface area contributed by atoms with Crippen molar-refractivity contribution in [2.24, 2.45) is 0 Å². The molecule has 6 heteroatoms. The zero-order valence-corrected chi connectivity index (χ0v) is 14.0. The van der Waals surface area contributed by atoms with Crippen LogP contribution < -0.4 is 10.1 Å². The largest absolute Gasteiger partial charge is 0.497 e. The van der Waals surface area contributed by atoms with E-state index >= 15 is 0 Å². The van der Waals surface area contributed by atoms with Gasteiger partial charge < -0.3 is 15.2 Å². The zero-order chi connectivity index (χ0) is 16.2. The first-order chi connectivity index (χ1) is 10.4. The van der Waals surface area contributed by atoms with E-state index in [1.165, 1.54) is 11.3 Å². The molecule has 4 nitrogen and oxygen atoms in total. The van der Waals surface area contributed by atoms with E-state index in [0.717, 1.165) is 11.1 Å². The van der Waals surface area contributed by atoms with Crippen molar-refractivity contribution in [3.8, 4) is 5.75 Å². The van der Waals surface area contributed by atoms with E-state index in [0.29, 0.717) is 10.8 Å². The Hall–Kier alpha value is -1.56. The first kappa shape index (κ1) is 16.8. The van der Waals surface area contributed by atoms with Gasteiger partial charge in [0.15, 0.2) is 0 Å². The van der Waals surface area contributed by atoms with E-state index in [9.17, 15) is 9.90 Å². The first-order valence-electron chi connectivity index (χ1n) is 6.76. The van der Waals surface area contributed by atoms with E-state index in [1.54, 1.807) is 32.2 Å². The van der Waals surface area contributed by atoms with Gasteiger partial charge >= 0.3 is 0 Å². The summed E-state index contributed by atoms with van der Waals surface area (Å²) in [5.74, 6) is 0.456. The molecule has 22 heavy (non-hydrogen) atoms. The molecule has 2 rings (SSSR count). The quantitative estimate of drug-likeness (QED) is 0.850. The van der Waals surface area contributed by atoms with Gasteiger partial charge in [-0.05, 0) is 47.0 Å². The second-order valence-corrected chi connectivity index (χ2v) is 6.38. The molecule has 0 saturated carbocycles. The Kier molecular flexibility index (Phi) is 5.45. The maximum absolute atomic E-state index is 12.0. The first-order valence-corrected chi connectivity index (χ1v) is 8.08. The lowest BCUT2D eigenvalue weighted by molar-refractivity contribution is -0.121.